The van der Waals surface area contributed by atoms with E-state index in [0.717, 1.165) is 52.9 Å². The molecule has 27 heavy (non-hydrogen) atoms. The minimum Gasteiger partial charge on any atom is -0.454 e. The lowest BCUT2D eigenvalue weighted by Crippen LogP contribution is -2.22. The van der Waals surface area contributed by atoms with Crippen LogP contribution >= 0.6 is 11.3 Å². The number of aromatic amines is 1. The van der Waals surface area contributed by atoms with Gasteiger partial charge in [0.2, 0.25) is 6.79 Å². The molecule has 5 rings (SSSR count). The van der Waals surface area contributed by atoms with Crippen LogP contribution in [-0.4, -0.2) is 28.4 Å². The molecule has 0 radical (unpaired) electrons. The number of nitrogens with one attached hydrogen (secondary N) is 1. The van der Waals surface area contributed by atoms with E-state index >= 15 is 0 Å². The van der Waals surface area contributed by atoms with Crippen molar-refractivity contribution >= 4 is 11.3 Å². The maximum absolute atomic E-state index is 11.3. The molecule has 0 unspecified atom stereocenters. The molecule has 6 nitrogen and oxygen atoms in total. The molecule has 138 valence electrons. The van der Waals surface area contributed by atoms with Gasteiger partial charge in [0, 0.05) is 18.2 Å². The van der Waals surface area contributed by atoms with Crippen molar-refractivity contribution in [3.05, 3.63) is 63.3 Å². The van der Waals surface area contributed by atoms with Crippen LogP contribution in [0.4, 0.5) is 0 Å². The summed E-state index contributed by atoms with van der Waals surface area (Å²) < 4.78 is 11.0. The SMILES string of the molecule is O=c1[nH]nc(-c2ccc(CN3CCC[C@H]3c3ccc4c(c3)OCO4)cc2)s1. The molecule has 2 aliphatic rings. The van der Waals surface area contributed by atoms with E-state index in [-0.39, 0.29) is 4.87 Å². The highest BCUT2D eigenvalue weighted by atomic mass is 32.1. The number of nitrogens with zero attached hydrogens (tertiary/aromatic N) is 2. The third-order valence-corrected chi connectivity index (χ3v) is 5.97. The Bertz CT molecular complexity index is 1010. The van der Waals surface area contributed by atoms with E-state index < -0.39 is 0 Å². The number of benzene rings is 2. The number of hydrogen-bond acceptors (Lipinski definition) is 6. The summed E-state index contributed by atoms with van der Waals surface area (Å²) >= 11 is 1.13. The maximum Gasteiger partial charge on any atom is 0.322 e. The van der Waals surface area contributed by atoms with Gasteiger partial charge in [-0.2, -0.15) is 5.10 Å². The summed E-state index contributed by atoms with van der Waals surface area (Å²) in [7, 11) is 0. The second-order valence-corrected chi connectivity index (χ2v) is 7.82. The molecule has 1 N–H and O–H groups in total. The zero-order chi connectivity index (χ0) is 18.2. The Morgan fingerprint density at radius 3 is 2.81 bits per heavy atom. The van der Waals surface area contributed by atoms with Gasteiger partial charge in [-0.15, -0.1) is 0 Å². The molecule has 7 heteroatoms. The molecule has 1 aromatic heterocycles. The van der Waals surface area contributed by atoms with E-state index in [1.807, 2.05) is 18.2 Å². The van der Waals surface area contributed by atoms with Crippen LogP contribution in [0.3, 0.4) is 0 Å². The monoisotopic (exact) mass is 381 g/mol. The van der Waals surface area contributed by atoms with Crippen LogP contribution in [0.25, 0.3) is 10.6 Å². The van der Waals surface area contributed by atoms with Crippen molar-refractivity contribution in [2.45, 2.75) is 25.4 Å². The third kappa shape index (κ3) is 3.24. The van der Waals surface area contributed by atoms with Crippen molar-refractivity contribution in [2.24, 2.45) is 0 Å². The zero-order valence-electron chi connectivity index (χ0n) is 14.7. The molecule has 0 saturated carbocycles. The largest absolute Gasteiger partial charge is 0.454 e. The summed E-state index contributed by atoms with van der Waals surface area (Å²) in [6.07, 6.45) is 2.34. The van der Waals surface area contributed by atoms with Crippen molar-refractivity contribution in [3.8, 4) is 22.1 Å². The lowest BCUT2D eigenvalue weighted by atomic mass is 10.0. The Labute approximate surface area is 160 Å². The molecule has 0 amide bonds. The molecular formula is C20H19N3O3S. The number of likely N-dealkylation sites (tertiary alicyclic amines) is 1. The highest BCUT2D eigenvalue weighted by Crippen LogP contribution is 2.39. The summed E-state index contributed by atoms with van der Waals surface area (Å²) in [5.41, 5.74) is 3.51. The van der Waals surface area contributed by atoms with Gasteiger partial charge in [-0.1, -0.05) is 41.7 Å². The van der Waals surface area contributed by atoms with Crippen molar-refractivity contribution in [3.63, 3.8) is 0 Å². The predicted octanol–water partition coefficient (Wildman–Crippen LogP) is 3.56. The predicted molar refractivity (Wildman–Crippen MR) is 103 cm³/mol. The van der Waals surface area contributed by atoms with Gasteiger partial charge in [0.25, 0.3) is 0 Å². The summed E-state index contributed by atoms with van der Waals surface area (Å²) in [5, 5.41) is 7.24. The van der Waals surface area contributed by atoms with E-state index in [1.165, 1.54) is 17.5 Å². The van der Waals surface area contributed by atoms with Gasteiger partial charge in [0.05, 0.1) is 0 Å². The summed E-state index contributed by atoms with van der Waals surface area (Å²) in [4.78, 5) is 13.7. The average Bonchev–Trinajstić information content (AvgIpc) is 3.42. The molecule has 3 heterocycles. The fraction of sp³-hybridized carbons (Fsp3) is 0.300. The minimum absolute atomic E-state index is 0.127. The summed E-state index contributed by atoms with van der Waals surface area (Å²) in [6.45, 7) is 2.29. The standard InChI is InChI=1S/C20H19N3O3S/c24-20-22-21-19(27-20)14-5-3-13(4-6-14)11-23-9-1-2-16(23)15-7-8-17-18(10-15)26-12-25-17/h3-8,10,16H,1-2,9,11-12H2,(H,22,24)/t16-/m0/s1. The molecule has 0 aliphatic carbocycles. The van der Waals surface area contributed by atoms with Crippen LogP contribution in [0.15, 0.2) is 47.3 Å². The van der Waals surface area contributed by atoms with Crippen LogP contribution in [0.2, 0.25) is 0 Å². The van der Waals surface area contributed by atoms with Gasteiger partial charge >= 0.3 is 4.87 Å². The number of ether oxygens (including phenoxy) is 2. The lowest BCUT2D eigenvalue weighted by molar-refractivity contribution is 0.174. The zero-order valence-corrected chi connectivity index (χ0v) is 15.5. The second kappa shape index (κ2) is 6.83. The third-order valence-electron chi connectivity index (χ3n) is 5.17. The Balaban J connectivity index is 1.33. The van der Waals surface area contributed by atoms with Crippen molar-refractivity contribution in [2.75, 3.05) is 13.3 Å². The number of H-pyrrole nitrogens is 1. The van der Waals surface area contributed by atoms with E-state index in [2.05, 4.69) is 39.4 Å². The van der Waals surface area contributed by atoms with Gasteiger partial charge in [0.1, 0.15) is 5.01 Å². The molecule has 1 saturated heterocycles. The van der Waals surface area contributed by atoms with Gasteiger partial charge in [-0.25, -0.2) is 5.10 Å². The topological polar surface area (TPSA) is 67.5 Å². The molecule has 2 aromatic carbocycles. The van der Waals surface area contributed by atoms with Crippen molar-refractivity contribution in [1.29, 1.82) is 0 Å². The fourth-order valence-electron chi connectivity index (χ4n) is 3.85. The van der Waals surface area contributed by atoms with Crippen LogP contribution in [0.5, 0.6) is 11.5 Å². The number of hydrogen-bond donors (Lipinski definition) is 1. The molecule has 1 fully saturated rings. The Morgan fingerprint density at radius 1 is 1.15 bits per heavy atom. The number of rotatable bonds is 4. The highest BCUT2D eigenvalue weighted by molar-refractivity contribution is 7.12. The van der Waals surface area contributed by atoms with Gasteiger partial charge in [-0.3, -0.25) is 9.69 Å². The maximum atomic E-state index is 11.3. The summed E-state index contributed by atoms with van der Waals surface area (Å²) in [6, 6.07) is 15.0. The van der Waals surface area contributed by atoms with Crippen LogP contribution in [0.1, 0.15) is 30.0 Å². The van der Waals surface area contributed by atoms with E-state index in [1.54, 1.807) is 0 Å². The molecule has 0 spiro atoms. The first-order chi connectivity index (χ1) is 13.3. The Morgan fingerprint density at radius 2 is 2.00 bits per heavy atom. The Hall–Kier alpha value is -2.64. The molecule has 2 aliphatic heterocycles. The first-order valence-electron chi connectivity index (χ1n) is 9.05. The van der Waals surface area contributed by atoms with E-state index in [4.69, 9.17) is 9.47 Å². The number of aromatic nitrogens is 2. The van der Waals surface area contributed by atoms with Crippen molar-refractivity contribution < 1.29 is 9.47 Å². The smallest absolute Gasteiger partial charge is 0.322 e. The highest BCUT2D eigenvalue weighted by Gasteiger charge is 2.27. The first-order valence-corrected chi connectivity index (χ1v) is 9.86. The van der Waals surface area contributed by atoms with Crippen LogP contribution < -0.4 is 14.3 Å². The molecular weight excluding hydrogens is 362 g/mol. The first kappa shape index (κ1) is 16.5. The lowest BCUT2D eigenvalue weighted by Gasteiger charge is -2.25. The quantitative estimate of drug-likeness (QED) is 0.748. The molecule has 3 aromatic rings. The van der Waals surface area contributed by atoms with E-state index in [0.29, 0.717) is 12.8 Å². The van der Waals surface area contributed by atoms with Crippen molar-refractivity contribution in [1.82, 2.24) is 15.1 Å². The van der Waals surface area contributed by atoms with Gasteiger partial charge < -0.3 is 9.47 Å². The van der Waals surface area contributed by atoms with Gasteiger partial charge in [-0.05, 0) is 42.6 Å². The minimum atomic E-state index is -0.127. The molecule has 0 bridgehead atoms. The van der Waals surface area contributed by atoms with E-state index in [9.17, 15) is 4.79 Å². The van der Waals surface area contributed by atoms with Gasteiger partial charge in [0.15, 0.2) is 11.5 Å². The number of fused-ring (bicyclic) bond motifs is 1. The molecule has 1 atom stereocenters. The Kier molecular flexibility index (Phi) is 4.18. The average molecular weight is 381 g/mol. The normalized spacial score (nSPS) is 18.9. The second-order valence-electron chi connectivity index (χ2n) is 6.86. The van der Waals surface area contributed by atoms with Crippen LogP contribution in [-0.2, 0) is 6.54 Å². The van der Waals surface area contributed by atoms with Crippen LogP contribution in [0, 0.1) is 0 Å². The fourth-order valence-corrected chi connectivity index (χ4v) is 4.47. The summed E-state index contributed by atoms with van der Waals surface area (Å²) in [5.74, 6) is 1.68.